The van der Waals surface area contributed by atoms with E-state index in [2.05, 4.69) is 62.0 Å². The summed E-state index contributed by atoms with van der Waals surface area (Å²) in [6.07, 6.45) is 8.17. The first-order chi connectivity index (χ1) is 17.7. The zero-order valence-corrected chi connectivity index (χ0v) is 22.8. The molecule has 2 aromatic carbocycles. The van der Waals surface area contributed by atoms with Crippen LogP contribution in [0.1, 0.15) is 51.5 Å². The Kier molecular flexibility index (Phi) is 8.99. The quantitative estimate of drug-likeness (QED) is 0.211. The van der Waals surface area contributed by atoms with E-state index in [9.17, 15) is 5.11 Å². The Hall–Kier alpha value is -2.90. The third-order valence-corrected chi connectivity index (χ3v) is 7.44. The van der Waals surface area contributed by atoms with E-state index in [0.717, 1.165) is 29.9 Å². The van der Waals surface area contributed by atoms with Gasteiger partial charge in [0.2, 0.25) is 0 Å². The van der Waals surface area contributed by atoms with Gasteiger partial charge in [0.25, 0.3) is 0 Å². The van der Waals surface area contributed by atoms with Crippen molar-refractivity contribution in [1.82, 2.24) is 19.9 Å². The Bertz CT molecular complexity index is 1250. The molecule has 0 bridgehead atoms. The summed E-state index contributed by atoms with van der Waals surface area (Å²) >= 11 is 3.54. The first-order valence-electron chi connectivity index (χ1n) is 13.0. The van der Waals surface area contributed by atoms with Crippen molar-refractivity contribution in [3.05, 3.63) is 76.9 Å². The summed E-state index contributed by atoms with van der Waals surface area (Å²) < 4.78 is 2.60. The normalized spacial score (nSPS) is 14.8. The molecule has 0 amide bonds. The average Bonchev–Trinajstić information content (AvgIpc) is 3.31. The van der Waals surface area contributed by atoms with Gasteiger partial charge in [-0.25, -0.2) is 4.98 Å². The van der Waals surface area contributed by atoms with Gasteiger partial charge in [-0.1, -0.05) is 75.6 Å². The maximum atomic E-state index is 10.3. The SMILES string of the molecule is CC.Oc1ccccc1-c1cc(NCCNCC2(c3ccccc3)CCCCC2)n2ncc(Br)c2n1. The lowest BCUT2D eigenvalue weighted by molar-refractivity contribution is 0.281. The van der Waals surface area contributed by atoms with E-state index in [4.69, 9.17) is 4.98 Å². The molecule has 0 aliphatic heterocycles. The van der Waals surface area contributed by atoms with Crippen molar-refractivity contribution >= 4 is 27.4 Å². The number of nitrogens with zero attached hydrogens (tertiary/aromatic N) is 3. The van der Waals surface area contributed by atoms with Crippen molar-refractivity contribution in [1.29, 1.82) is 0 Å². The molecule has 1 aliphatic rings. The van der Waals surface area contributed by atoms with Crippen LogP contribution < -0.4 is 10.6 Å². The molecule has 36 heavy (non-hydrogen) atoms. The lowest BCUT2D eigenvalue weighted by atomic mass is 9.69. The summed E-state index contributed by atoms with van der Waals surface area (Å²) in [5.41, 5.74) is 3.80. The van der Waals surface area contributed by atoms with Gasteiger partial charge in [-0.2, -0.15) is 9.61 Å². The summed E-state index contributed by atoms with van der Waals surface area (Å²) in [5.74, 6) is 1.05. The van der Waals surface area contributed by atoms with E-state index < -0.39 is 0 Å². The van der Waals surface area contributed by atoms with Crippen LogP contribution in [0.3, 0.4) is 0 Å². The number of hydrogen-bond donors (Lipinski definition) is 3. The van der Waals surface area contributed by atoms with Crippen LogP contribution in [-0.4, -0.2) is 39.3 Å². The number of fused-ring (bicyclic) bond motifs is 1. The second-order valence-electron chi connectivity index (χ2n) is 9.08. The van der Waals surface area contributed by atoms with Gasteiger partial charge in [0.05, 0.1) is 16.4 Å². The molecule has 190 valence electrons. The summed E-state index contributed by atoms with van der Waals surface area (Å²) in [4.78, 5) is 4.71. The highest BCUT2D eigenvalue weighted by Crippen LogP contribution is 2.39. The van der Waals surface area contributed by atoms with E-state index in [1.54, 1.807) is 16.8 Å². The number of anilines is 1. The maximum Gasteiger partial charge on any atom is 0.172 e. The molecule has 2 aromatic heterocycles. The van der Waals surface area contributed by atoms with Crippen molar-refractivity contribution in [2.24, 2.45) is 0 Å². The molecule has 4 aromatic rings. The predicted octanol–water partition coefficient (Wildman–Crippen LogP) is 6.79. The van der Waals surface area contributed by atoms with Gasteiger partial charge < -0.3 is 15.7 Å². The van der Waals surface area contributed by atoms with Crippen LogP contribution in [0.15, 0.2) is 71.3 Å². The fraction of sp³-hybridized carbons (Fsp3) is 0.379. The molecule has 3 N–H and O–H groups in total. The van der Waals surface area contributed by atoms with Gasteiger partial charge in [0.15, 0.2) is 5.65 Å². The largest absolute Gasteiger partial charge is 0.507 e. The monoisotopic (exact) mass is 549 g/mol. The Morgan fingerprint density at radius 3 is 2.44 bits per heavy atom. The van der Waals surface area contributed by atoms with Gasteiger partial charge in [0.1, 0.15) is 11.6 Å². The minimum absolute atomic E-state index is 0.210. The number of phenols is 1. The van der Waals surface area contributed by atoms with E-state index in [1.807, 2.05) is 38.1 Å². The van der Waals surface area contributed by atoms with Crippen molar-refractivity contribution in [2.45, 2.75) is 51.4 Å². The molecule has 2 heterocycles. The fourth-order valence-electron chi connectivity index (χ4n) is 5.08. The molecule has 0 atom stereocenters. The van der Waals surface area contributed by atoms with Crippen molar-refractivity contribution in [3.63, 3.8) is 0 Å². The van der Waals surface area contributed by atoms with Crippen LogP contribution >= 0.6 is 15.9 Å². The van der Waals surface area contributed by atoms with E-state index in [-0.39, 0.29) is 11.2 Å². The molecule has 7 heteroatoms. The van der Waals surface area contributed by atoms with Crippen LogP contribution in [-0.2, 0) is 5.41 Å². The molecule has 0 unspecified atom stereocenters. The zero-order chi connectivity index (χ0) is 25.4. The Morgan fingerprint density at radius 2 is 1.69 bits per heavy atom. The number of hydrogen-bond acceptors (Lipinski definition) is 5. The lowest BCUT2D eigenvalue weighted by Gasteiger charge is -2.38. The number of halogens is 1. The maximum absolute atomic E-state index is 10.3. The van der Waals surface area contributed by atoms with Gasteiger partial charge in [0, 0.05) is 36.7 Å². The molecule has 6 nitrogen and oxygen atoms in total. The van der Waals surface area contributed by atoms with Crippen molar-refractivity contribution < 1.29 is 5.11 Å². The topological polar surface area (TPSA) is 74.5 Å². The number of rotatable bonds is 8. The van der Waals surface area contributed by atoms with Gasteiger partial charge in [-0.15, -0.1) is 0 Å². The summed E-state index contributed by atoms with van der Waals surface area (Å²) in [7, 11) is 0. The Balaban J connectivity index is 0.00000148. The molecule has 1 saturated carbocycles. The van der Waals surface area contributed by atoms with E-state index >= 15 is 0 Å². The highest BCUT2D eigenvalue weighted by molar-refractivity contribution is 9.10. The van der Waals surface area contributed by atoms with Crippen LogP contribution in [0, 0.1) is 0 Å². The van der Waals surface area contributed by atoms with Crippen LogP contribution in [0.2, 0.25) is 0 Å². The molecular weight excluding hydrogens is 514 g/mol. The van der Waals surface area contributed by atoms with Gasteiger partial charge >= 0.3 is 0 Å². The number of aromatic hydroxyl groups is 1. The molecule has 5 rings (SSSR count). The summed E-state index contributed by atoms with van der Waals surface area (Å²) in [5, 5.41) is 22.0. The smallest absolute Gasteiger partial charge is 0.172 e. The van der Waals surface area contributed by atoms with Crippen LogP contribution in [0.25, 0.3) is 16.9 Å². The van der Waals surface area contributed by atoms with Crippen LogP contribution in [0.5, 0.6) is 5.75 Å². The summed E-state index contributed by atoms with van der Waals surface area (Å²) in [6, 6.07) is 20.2. The van der Waals surface area contributed by atoms with Crippen molar-refractivity contribution in [3.8, 4) is 17.0 Å². The highest BCUT2D eigenvalue weighted by Gasteiger charge is 2.33. The molecule has 1 fully saturated rings. The highest BCUT2D eigenvalue weighted by atomic mass is 79.9. The number of benzene rings is 2. The molecule has 0 radical (unpaired) electrons. The number of phenolic OH excluding ortho intramolecular Hbond substituents is 1. The summed E-state index contributed by atoms with van der Waals surface area (Å²) in [6.45, 7) is 6.58. The molecule has 0 spiro atoms. The van der Waals surface area contributed by atoms with Crippen molar-refractivity contribution in [2.75, 3.05) is 25.0 Å². The lowest BCUT2D eigenvalue weighted by Crippen LogP contribution is -2.41. The zero-order valence-electron chi connectivity index (χ0n) is 21.2. The first kappa shape index (κ1) is 26.2. The average molecular weight is 551 g/mol. The number of aromatic nitrogens is 3. The van der Waals surface area contributed by atoms with E-state index in [0.29, 0.717) is 16.9 Å². The molecule has 1 aliphatic carbocycles. The number of nitrogens with one attached hydrogen (secondary N) is 2. The second kappa shape index (κ2) is 12.4. The van der Waals surface area contributed by atoms with Crippen LogP contribution in [0.4, 0.5) is 5.82 Å². The standard InChI is InChI=1S/C27H30BrN5O.C2H6/c28-22-18-31-33-25(17-23(32-26(22)33)21-11-5-6-12-24(21)34)30-16-15-29-19-27(13-7-2-8-14-27)20-9-3-1-4-10-20;1-2/h1,3-6,9-12,17-18,29-30,34H,2,7-8,13-16,19H2;1-2H3. The first-order valence-corrected chi connectivity index (χ1v) is 13.8. The van der Waals surface area contributed by atoms with Gasteiger partial charge in [-0.05, 0) is 46.5 Å². The second-order valence-corrected chi connectivity index (χ2v) is 9.94. The van der Waals surface area contributed by atoms with E-state index in [1.165, 1.54) is 37.7 Å². The minimum atomic E-state index is 0.210. The molecule has 0 saturated heterocycles. The third-order valence-electron chi connectivity index (χ3n) is 6.88. The Labute approximate surface area is 222 Å². The Morgan fingerprint density at radius 1 is 0.972 bits per heavy atom. The minimum Gasteiger partial charge on any atom is -0.507 e. The predicted molar refractivity (Wildman–Crippen MR) is 152 cm³/mol. The number of para-hydroxylation sites is 1. The molecular formula is C29H36BrN5O. The third kappa shape index (κ3) is 5.73. The fourth-order valence-corrected chi connectivity index (χ4v) is 5.43. The van der Waals surface area contributed by atoms with Gasteiger partial charge in [-0.3, -0.25) is 0 Å².